The van der Waals surface area contributed by atoms with Gasteiger partial charge in [-0.25, -0.2) is 0 Å². The molecule has 4 nitrogen and oxygen atoms in total. The van der Waals surface area contributed by atoms with Crippen LogP contribution in [0.15, 0.2) is 9.98 Å². The Morgan fingerprint density at radius 2 is 2.31 bits per heavy atom. The van der Waals surface area contributed by atoms with E-state index in [4.69, 9.17) is 0 Å². The number of nitrogens with one attached hydrogen (secondary N) is 1. The molecule has 1 heterocycles. The van der Waals surface area contributed by atoms with Crippen LogP contribution in [-0.4, -0.2) is 37.5 Å². The van der Waals surface area contributed by atoms with E-state index in [1.807, 2.05) is 0 Å². The molecule has 1 saturated heterocycles. The van der Waals surface area contributed by atoms with E-state index in [1.54, 1.807) is 0 Å². The van der Waals surface area contributed by atoms with Crippen molar-refractivity contribution in [1.82, 2.24) is 5.32 Å². The molecule has 2 fully saturated rings. The molecule has 1 aliphatic carbocycles. The van der Waals surface area contributed by atoms with E-state index in [-0.39, 0.29) is 23.4 Å². The maximum absolute atomic E-state index is 11.0. The van der Waals surface area contributed by atoms with Gasteiger partial charge in [0.2, 0.25) is 5.91 Å². The first-order valence-electron chi connectivity index (χ1n) is 4.43. The molecule has 13 heavy (non-hydrogen) atoms. The van der Waals surface area contributed by atoms with Crippen molar-refractivity contribution in [2.45, 2.75) is 24.4 Å². The lowest BCUT2D eigenvalue weighted by Crippen LogP contribution is -2.26. The van der Waals surface area contributed by atoms with Crippen LogP contribution in [0, 0.1) is 5.92 Å². The predicted molar refractivity (Wildman–Crippen MR) is 51.4 cm³/mol. The van der Waals surface area contributed by atoms with Gasteiger partial charge in [-0.15, -0.1) is 0 Å². The molecular weight excluding hydrogens is 166 g/mol. The van der Waals surface area contributed by atoms with Crippen LogP contribution in [0.1, 0.15) is 12.8 Å². The quantitative estimate of drug-likeness (QED) is 0.611. The molecule has 0 aromatic carbocycles. The van der Waals surface area contributed by atoms with Gasteiger partial charge in [0, 0.05) is 18.9 Å². The average Bonchev–Trinajstić information content (AvgIpc) is 2.73. The monoisotopic (exact) mass is 179 g/mol. The van der Waals surface area contributed by atoms with E-state index < -0.39 is 0 Å². The number of amides is 1. The number of nitrogens with zero attached hydrogens (tertiary/aromatic N) is 2. The molecule has 0 bridgehead atoms. The highest BCUT2D eigenvalue weighted by Crippen LogP contribution is 2.50. The van der Waals surface area contributed by atoms with Crippen molar-refractivity contribution in [2.75, 3.05) is 6.54 Å². The summed E-state index contributed by atoms with van der Waals surface area (Å²) < 4.78 is 0. The molecule has 0 radical (unpaired) electrons. The highest BCUT2D eigenvalue weighted by molar-refractivity contribution is 5.78. The average molecular weight is 179 g/mol. The standard InChI is InChI=1S/C9H13N3O/c1-10-7-4-9(7,11-2)6-3-8(13)12-5-6/h6-7H,1-5H2,(H,12,13). The second-order valence-electron chi connectivity index (χ2n) is 3.76. The fraction of sp³-hybridized carbons (Fsp3) is 0.667. The number of carbonyl (C=O) groups is 1. The predicted octanol–water partition coefficient (Wildman–Crippen LogP) is 0.0348. The minimum Gasteiger partial charge on any atom is -0.356 e. The Labute approximate surface area is 77.1 Å². The van der Waals surface area contributed by atoms with E-state index in [0.29, 0.717) is 13.0 Å². The van der Waals surface area contributed by atoms with Crippen LogP contribution < -0.4 is 5.32 Å². The number of hydrogen-bond donors (Lipinski definition) is 1. The molecule has 0 aromatic heterocycles. The van der Waals surface area contributed by atoms with Gasteiger partial charge in [-0.1, -0.05) is 0 Å². The molecule has 4 heteroatoms. The van der Waals surface area contributed by atoms with Crippen LogP contribution in [0.4, 0.5) is 0 Å². The molecule has 1 amide bonds. The first-order valence-corrected chi connectivity index (χ1v) is 4.43. The normalized spacial score (nSPS) is 42.6. The van der Waals surface area contributed by atoms with Crippen LogP contribution in [0.25, 0.3) is 0 Å². The minimum atomic E-state index is -0.180. The van der Waals surface area contributed by atoms with Gasteiger partial charge < -0.3 is 5.32 Å². The molecule has 70 valence electrons. The van der Waals surface area contributed by atoms with Gasteiger partial charge >= 0.3 is 0 Å². The Bertz CT molecular complexity index is 276. The molecule has 2 rings (SSSR count). The van der Waals surface area contributed by atoms with E-state index in [9.17, 15) is 4.79 Å². The fourth-order valence-corrected chi connectivity index (χ4v) is 2.17. The van der Waals surface area contributed by atoms with Crippen LogP contribution >= 0.6 is 0 Å². The number of hydrogen-bond acceptors (Lipinski definition) is 3. The molecule has 3 atom stereocenters. The van der Waals surface area contributed by atoms with Gasteiger partial charge in [-0.2, -0.15) is 0 Å². The summed E-state index contributed by atoms with van der Waals surface area (Å²) in [6.45, 7) is 7.81. The lowest BCUT2D eigenvalue weighted by molar-refractivity contribution is -0.119. The molecule has 0 aromatic rings. The van der Waals surface area contributed by atoms with Gasteiger partial charge in [-0.05, 0) is 19.9 Å². The SMILES string of the molecule is C=NC1CC1(N=C)C1CNC(=O)C1. The second kappa shape index (κ2) is 2.65. The van der Waals surface area contributed by atoms with E-state index in [2.05, 4.69) is 28.7 Å². The van der Waals surface area contributed by atoms with Crippen molar-refractivity contribution >= 4 is 19.3 Å². The van der Waals surface area contributed by atoms with Crippen molar-refractivity contribution < 1.29 is 4.79 Å². The number of aliphatic imine (C=N–C) groups is 2. The lowest BCUT2D eigenvalue weighted by Gasteiger charge is -2.16. The smallest absolute Gasteiger partial charge is 0.220 e. The molecule has 1 saturated carbocycles. The highest BCUT2D eigenvalue weighted by atomic mass is 16.1. The molecule has 0 spiro atoms. The second-order valence-corrected chi connectivity index (χ2v) is 3.76. The van der Waals surface area contributed by atoms with Crippen LogP contribution in [0.3, 0.4) is 0 Å². The van der Waals surface area contributed by atoms with Crippen LogP contribution in [-0.2, 0) is 4.79 Å². The Balaban J connectivity index is 2.11. The largest absolute Gasteiger partial charge is 0.356 e. The number of rotatable bonds is 3. The summed E-state index contributed by atoms with van der Waals surface area (Å²) in [6.07, 6.45) is 1.46. The Morgan fingerprint density at radius 1 is 1.54 bits per heavy atom. The third-order valence-corrected chi connectivity index (χ3v) is 3.14. The fourth-order valence-electron chi connectivity index (χ4n) is 2.17. The summed E-state index contributed by atoms with van der Waals surface area (Å²) in [5.41, 5.74) is -0.180. The Morgan fingerprint density at radius 3 is 2.69 bits per heavy atom. The molecule has 1 N–H and O–H groups in total. The molecule has 2 aliphatic rings. The lowest BCUT2D eigenvalue weighted by atomic mass is 9.96. The van der Waals surface area contributed by atoms with Crippen molar-refractivity contribution in [1.29, 1.82) is 0 Å². The summed E-state index contributed by atoms with van der Waals surface area (Å²) in [7, 11) is 0. The van der Waals surface area contributed by atoms with Crippen molar-refractivity contribution in [3.05, 3.63) is 0 Å². The third kappa shape index (κ3) is 1.08. The minimum absolute atomic E-state index is 0.114. The first kappa shape index (κ1) is 8.41. The summed E-state index contributed by atoms with van der Waals surface area (Å²) in [5, 5.41) is 2.81. The van der Waals surface area contributed by atoms with Gasteiger partial charge in [-0.3, -0.25) is 14.8 Å². The third-order valence-electron chi connectivity index (χ3n) is 3.14. The maximum Gasteiger partial charge on any atom is 0.220 e. The Kier molecular flexibility index (Phi) is 1.71. The van der Waals surface area contributed by atoms with Gasteiger partial charge in [0.05, 0.1) is 11.6 Å². The van der Waals surface area contributed by atoms with Gasteiger partial charge in [0.1, 0.15) is 0 Å². The van der Waals surface area contributed by atoms with E-state index in [0.717, 1.165) is 6.42 Å². The zero-order chi connectivity index (χ0) is 9.47. The van der Waals surface area contributed by atoms with Gasteiger partial charge in [0.25, 0.3) is 0 Å². The topological polar surface area (TPSA) is 53.8 Å². The van der Waals surface area contributed by atoms with Crippen molar-refractivity contribution in [3.63, 3.8) is 0 Å². The summed E-state index contributed by atoms with van der Waals surface area (Å²) in [4.78, 5) is 19.1. The zero-order valence-corrected chi connectivity index (χ0v) is 7.49. The molecule has 3 unspecified atom stereocenters. The zero-order valence-electron chi connectivity index (χ0n) is 7.49. The number of carbonyl (C=O) groups excluding carboxylic acids is 1. The van der Waals surface area contributed by atoms with Crippen LogP contribution in [0.5, 0.6) is 0 Å². The highest BCUT2D eigenvalue weighted by Gasteiger charge is 2.60. The van der Waals surface area contributed by atoms with Crippen LogP contribution in [0.2, 0.25) is 0 Å². The summed E-state index contributed by atoms with van der Waals surface area (Å²) in [5.74, 6) is 0.385. The first-order chi connectivity index (χ1) is 6.23. The summed E-state index contributed by atoms with van der Waals surface area (Å²) in [6, 6.07) is 0.183. The Hall–Kier alpha value is -1.19. The molecular formula is C9H13N3O. The maximum atomic E-state index is 11.0. The molecule has 1 aliphatic heterocycles. The van der Waals surface area contributed by atoms with Crippen molar-refractivity contribution in [3.8, 4) is 0 Å². The van der Waals surface area contributed by atoms with E-state index in [1.165, 1.54) is 0 Å². The summed E-state index contributed by atoms with van der Waals surface area (Å²) >= 11 is 0. The van der Waals surface area contributed by atoms with Crippen molar-refractivity contribution in [2.24, 2.45) is 15.9 Å². The van der Waals surface area contributed by atoms with Gasteiger partial charge in [0.15, 0.2) is 0 Å². The van der Waals surface area contributed by atoms with E-state index >= 15 is 0 Å².